The number of ether oxygens (including phenoxy) is 3. The summed E-state index contributed by atoms with van der Waals surface area (Å²) in [6.45, 7) is 0. The lowest BCUT2D eigenvalue weighted by molar-refractivity contribution is -0.146. The number of halogens is 1. The van der Waals surface area contributed by atoms with E-state index in [4.69, 9.17) is 14.2 Å². The van der Waals surface area contributed by atoms with Gasteiger partial charge in [-0.25, -0.2) is 18.8 Å². The molecular formula is C24H22FNO6. The van der Waals surface area contributed by atoms with Crippen molar-refractivity contribution in [2.45, 2.75) is 12.0 Å². The molecule has 0 fully saturated rings. The Morgan fingerprint density at radius 3 is 1.81 bits per heavy atom. The van der Waals surface area contributed by atoms with Gasteiger partial charge < -0.3 is 19.1 Å². The topological polar surface area (TPSA) is 82.1 Å². The first-order valence-electron chi connectivity index (χ1n) is 9.67. The molecule has 1 aliphatic heterocycles. The largest absolute Gasteiger partial charge is 0.467 e. The summed E-state index contributed by atoms with van der Waals surface area (Å²) >= 11 is 0. The molecule has 1 aliphatic rings. The molecule has 0 N–H and O–H groups in total. The van der Waals surface area contributed by atoms with Crippen LogP contribution in [0.25, 0.3) is 0 Å². The first-order chi connectivity index (χ1) is 15.4. The quantitative estimate of drug-likeness (QED) is 0.505. The van der Waals surface area contributed by atoms with Crippen molar-refractivity contribution in [2.24, 2.45) is 0 Å². The van der Waals surface area contributed by atoms with Gasteiger partial charge in [-0.2, -0.15) is 0 Å². The monoisotopic (exact) mass is 439 g/mol. The fourth-order valence-electron chi connectivity index (χ4n) is 3.59. The van der Waals surface area contributed by atoms with E-state index < -0.39 is 35.7 Å². The highest BCUT2D eigenvalue weighted by atomic mass is 19.1. The lowest BCUT2D eigenvalue weighted by Crippen LogP contribution is -2.34. The summed E-state index contributed by atoms with van der Waals surface area (Å²) in [5, 5.41) is 0. The highest BCUT2D eigenvalue weighted by Crippen LogP contribution is 2.39. The van der Waals surface area contributed by atoms with Gasteiger partial charge in [0.2, 0.25) is 0 Å². The molecule has 0 amide bonds. The Labute approximate surface area is 184 Å². The Balaban J connectivity index is 2.21. The molecule has 0 aliphatic carbocycles. The minimum atomic E-state index is -0.977. The van der Waals surface area contributed by atoms with Gasteiger partial charge in [0.1, 0.15) is 5.82 Å². The van der Waals surface area contributed by atoms with Gasteiger partial charge in [-0.15, -0.1) is 0 Å². The van der Waals surface area contributed by atoms with Gasteiger partial charge in [0.25, 0.3) is 0 Å². The molecular weight excluding hydrogens is 417 g/mol. The minimum absolute atomic E-state index is 0.0758. The first kappa shape index (κ1) is 22.7. The lowest BCUT2D eigenvalue weighted by Gasteiger charge is -2.33. The molecule has 166 valence electrons. The third-order valence-electron chi connectivity index (χ3n) is 5.08. The van der Waals surface area contributed by atoms with Crippen LogP contribution < -0.4 is 0 Å². The Kier molecular flexibility index (Phi) is 7.04. The molecule has 2 aromatic rings. The zero-order valence-corrected chi connectivity index (χ0v) is 17.8. The van der Waals surface area contributed by atoms with Crippen LogP contribution in [0.4, 0.5) is 4.39 Å². The Morgan fingerprint density at radius 2 is 1.34 bits per heavy atom. The third-order valence-corrected chi connectivity index (χ3v) is 5.08. The number of hydrogen-bond donors (Lipinski definition) is 0. The fourth-order valence-corrected chi connectivity index (χ4v) is 3.59. The van der Waals surface area contributed by atoms with Gasteiger partial charge >= 0.3 is 17.9 Å². The van der Waals surface area contributed by atoms with E-state index in [0.29, 0.717) is 11.1 Å². The zero-order valence-electron chi connectivity index (χ0n) is 17.8. The molecule has 1 heterocycles. The highest BCUT2D eigenvalue weighted by molar-refractivity contribution is 5.98. The predicted molar refractivity (Wildman–Crippen MR) is 112 cm³/mol. The van der Waals surface area contributed by atoms with Crippen molar-refractivity contribution in [1.29, 1.82) is 0 Å². The normalized spacial score (nSPS) is 14.7. The number of nitrogens with zero attached hydrogens (tertiary/aromatic N) is 1. The first-order valence-corrected chi connectivity index (χ1v) is 9.67. The van der Waals surface area contributed by atoms with Crippen molar-refractivity contribution in [2.75, 3.05) is 21.3 Å². The maximum Gasteiger partial charge on any atom is 0.336 e. The van der Waals surface area contributed by atoms with Crippen LogP contribution in [-0.4, -0.2) is 44.1 Å². The van der Waals surface area contributed by atoms with E-state index in [9.17, 15) is 18.8 Å². The van der Waals surface area contributed by atoms with Crippen molar-refractivity contribution in [3.05, 3.63) is 95.1 Å². The van der Waals surface area contributed by atoms with Gasteiger partial charge in [-0.3, -0.25) is 0 Å². The van der Waals surface area contributed by atoms with Crippen molar-refractivity contribution >= 4 is 17.9 Å². The number of carbonyl (C=O) groups is 3. The van der Waals surface area contributed by atoms with Crippen LogP contribution >= 0.6 is 0 Å². The number of methoxy groups -OCH3 is 3. The molecule has 32 heavy (non-hydrogen) atoms. The van der Waals surface area contributed by atoms with E-state index in [1.807, 2.05) is 0 Å². The summed E-state index contributed by atoms with van der Waals surface area (Å²) in [7, 11) is 3.67. The van der Waals surface area contributed by atoms with E-state index in [0.717, 1.165) is 0 Å². The zero-order chi connectivity index (χ0) is 23.3. The molecule has 0 unspecified atom stereocenters. The molecule has 2 aromatic carbocycles. The molecule has 7 nitrogen and oxygen atoms in total. The summed E-state index contributed by atoms with van der Waals surface area (Å²) < 4.78 is 28.4. The van der Waals surface area contributed by atoms with E-state index in [2.05, 4.69) is 0 Å². The molecule has 0 bridgehead atoms. The highest BCUT2D eigenvalue weighted by Gasteiger charge is 2.38. The van der Waals surface area contributed by atoms with Crippen molar-refractivity contribution in [3.63, 3.8) is 0 Å². The molecule has 0 aromatic heterocycles. The van der Waals surface area contributed by atoms with Crippen LogP contribution in [-0.2, 0) is 28.6 Å². The lowest BCUT2D eigenvalue weighted by atomic mass is 9.83. The summed E-state index contributed by atoms with van der Waals surface area (Å²) in [6, 6.07) is 13.2. The van der Waals surface area contributed by atoms with Gasteiger partial charge in [-0.05, 0) is 23.3 Å². The van der Waals surface area contributed by atoms with Crippen LogP contribution in [0, 0.1) is 5.82 Å². The summed E-state index contributed by atoms with van der Waals surface area (Å²) in [4.78, 5) is 39.6. The Bertz CT molecular complexity index is 1030. The van der Waals surface area contributed by atoms with Crippen LogP contribution in [0.3, 0.4) is 0 Å². The molecule has 3 rings (SSSR count). The maximum atomic E-state index is 13.5. The van der Waals surface area contributed by atoms with E-state index >= 15 is 0 Å². The molecule has 1 atom stereocenters. The number of benzene rings is 2. The van der Waals surface area contributed by atoms with E-state index in [1.165, 1.54) is 62.9 Å². The second-order valence-electron chi connectivity index (χ2n) is 6.92. The smallest absolute Gasteiger partial charge is 0.336 e. The van der Waals surface area contributed by atoms with Gasteiger partial charge in [0.05, 0.1) is 38.4 Å². The molecule has 8 heteroatoms. The number of carbonyl (C=O) groups excluding carboxylic acids is 3. The Hall–Kier alpha value is -3.94. The third kappa shape index (κ3) is 4.54. The van der Waals surface area contributed by atoms with Crippen molar-refractivity contribution < 1.29 is 33.0 Å². The van der Waals surface area contributed by atoms with Crippen LogP contribution in [0.1, 0.15) is 23.1 Å². The average molecular weight is 439 g/mol. The molecule has 0 saturated carbocycles. The predicted octanol–water partition coefficient (Wildman–Crippen LogP) is 3.25. The fraction of sp³-hybridized carbons (Fsp3) is 0.208. The summed E-state index contributed by atoms with van der Waals surface area (Å²) in [5.74, 6) is -3.38. The standard InChI is InChI=1S/C24H22FNO6/c1-30-22(27)18-13-26(21(24(29)32-3)16-7-5-4-6-8-16)14-19(23(28)31-2)20(18)15-9-11-17(25)12-10-15/h4-14,20-21H,1-3H3/t21-/m1/s1. The summed E-state index contributed by atoms with van der Waals surface area (Å²) in [5.41, 5.74) is 1.22. The van der Waals surface area contributed by atoms with E-state index in [1.54, 1.807) is 30.3 Å². The van der Waals surface area contributed by atoms with Gasteiger partial charge in [0, 0.05) is 12.4 Å². The molecule has 0 spiro atoms. The second kappa shape index (κ2) is 9.91. The maximum absolute atomic E-state index is 13.5. The van der Waals surface area contributed by atoms with Crippen molar-refractivity contribution in [1.82, 2.24) is 4.90 Å². The van der Waals surface area contributed by atoms with Crippen LogP contribution in [0.15, 0.2) is 78.1 Å². The summed E-state index contributed by atoms with van der Waals surface area (Å²) in [6.07, 6.45) is 2.86. The van der Waals surface area contributed by atoms with Crippen molar-refractivity contribution in [3.8, 4) is 0 Å². The van der Waals surface area contributed by atoms with E-state index in [-0.39, 0.29) is 11.1 Å². The second-order valence-corrected chi connectivity index (χ2v) is 6.92. The average Bonchev–Trinajstić information content (AvgIpc) is 2.83. The SMILES string of the molecule is COC(=O)C1=CN([C@@H](C(=O)OC)c2ccccc2)C=C(C(=O)OC)C1c1ccc(F)cc1. The number of esters is 3. The number of rotatable bonds is 6. The Morgan fingerprint density at radius 1 is 0.812 bits per heavy atom. The molecule has 0 radical (unpaired) electrons. The van der Waals surface area contributed by atoms with Crippen LogP contribution in [0.2, 0.25) is 0 Å². The van der Waals surface area contributed by atoms with Gasteiger partial charge in [-0.1, -0.05) is 42.5 Å². The van der Waals surface area contributed by atoms with Gasteiger partial charge in [0.15, 0.2) is 6.04 Å². The molecule has 0 saturated heterocycles. The number of hydrogen-bond acceptors (Lipinski definition) is 7. The van der Waals surface area contributed by atoms with Crippen LogP contribution in [0.5, 0.6) is 0 Å². The minimum Gasteiger partial charge on any atom is -0.467 e.